The molecule has 17 heavy (non-hydrogen) atoms. The third kappa shape index (κ3) is 3.91. The molecule has 0 amide bonds. The van der Waals surface area contributed by atoms with E-state index in [1.54, 1.807) is 7.11 Å². The lowest BCUT2D eigenvalue weighted by molar-refractivity contribution is 0.0501. The number of piperidine rings is 1. The van der Waals surface area contributed by atoms with Crippen molar-refractivity contribution >= 4 is 0 Å². The number of ether oxygens (including phenoxy) is 2. The van der Waals surface area contributed by atoms with E-state index >= 15 is 0 Å². The van der Waals surface area contributed by atoms with Crippen LogP contribution < -0.4 is 5.32 Å². The smallest absolute Gasteiger partial charge is 0.0700 e. The molecule has 2 unspecified atom stereocenters. The van der Waals surface area contributed by atoms with E-state index in [0.29, 0.717) is 13.2 Å². The van der Waals surface area contributed by atoms with Gasteiger partial charge in [-0.1, -0.05) is 0 Å². The maximum atomic E-state index is 5.52. The van der Waals surface area contributed by atoms with Crippen LogP contribution >= 0.6 is 0 Å². The molecule has 0 aliphatic carbocycles. The summed E-state index contributed by atoms with van der Waals surface area (Å²) in [7, 11) is 3.94. The molecule has 0 aromatic heterocycles. The van der Waals surface area contributed by atoms with Gasteiger partial charge in [0.1, 0.15) is 0 Å². The molecular weight excluding hydrogens is 216 g/mol. The molecule has 2 saturated heterocycles. The molecule has 2 aliphatic heterocycles. The molecule has 0 aromatic rings. The minimum absolute atomic E-state index is 0.696. The molecule has 0 spiro atoms. The van der Waals surface area contributed by atoms with Gasteiger partial charge < -0.3 is 19.7 Å². The second-order valence-corrected chi connectivity index (χ2v) is 5.35. The van der Waals surface area contributed by atoms with Gasteiger partial charge in [-0.2, -0.15) is 0 Å². The summed E-state index contributed by atoms with van der Waals surface area (Å²) in [5.74, 6) is 0. The maximum absolute atomic E-state index is 5.52. The summed E-state index contributed by atoms with van der Waals surface area (Å²) in [6.45, 7) is 3.26. The summed E-state index contributed by atoms with van der Waals surface area (Å²) in [4.78, 5) is 2.47. The molecule has 2 rings (SSSR count). The molecule has 2 atom stereocenters. The summed E-state index contributed by atoms with van der Waals surface area (Å²) in [6, 6.07) is 2.30. The van der Waals surface area contributed by atoms with Gasteiger partial charge in [-0.3, -0.25) is 0 Å². The van der Waals surface area contributed by atoms with E-state index in [-0.39, 0.29) is 0 Å². The van der Waals surface area contributed by atoms with Crippen LogP contribution in [0.4, 0.5) is 0 Å². The number of rotatable bonds is 7. The second-order valence-electron chi connectivity index (χ2n) is 5.35. The number of hydrogen-bond acceptors (Lipinski definition) is 4. The Labute approximate surface area is 105 Å². The molecule has 2 bridgehead atoms. The second kappa shape index (κ2) is 6.69. The van der Waals surface area contributed by atoms with Gasteiger partial charge in [0.25, 0.3) is 0 Å². The highest BCUT2D eigenvalue weighted by atomic mass is 16.5. The SMILES string of the molecule is COCCOCCN(C)C1CC2CCC(C1)N2. The fraction of sp³-hybridized carbons (Fsp3) is 1.00. The van der Waals surface area contributed by atoms with Gasteiger partial charge in [0.2, 0.25) is 0 Å². The van der Waals surface area contributed by atoms with Crippen molar-refractivity contribution < 1.29 is 9.47 Å². The van der Waals surface area contributed by atoms with Gasteiger partial charge in [-0.15, -0.1) is 0 Å². The Hall–Kier alpha value is -0.160. The van der Waals surface area contributed by atoms with Crippen molar-refractivity contribution in [3.8, 4) is 0 Å². The summed E-state index contributed by atoms with van der Waals surface area (Å²) in [5.41, 5.74) is 0. The quantitative estimate of drug-likeness (QED) is 0.672. The zero-order valence-corrected chi connectivity index (χ0v) is 11.2. The number of hydrogen-bond donors (Lipinski definition) is 1. The first kappa shape index (κ1) is 13.3. The van der Waals surface area contributed by atoms with Crippen molar-refractivity contribution in [1.82, 2.24) is 10.2 Å². The van der Waals surface area contributed by atoms with E-state index in [0.717, 1.165) is 31.3 Å². The van der Waals surface area contributed by atoms with Crippen molar-refractivity contribution in [2.75, 3.05) is 40.5 Å². The molecule has 2 heterocycles. The minimum Gasteiger partial charge on any atom is -0.382 e. The van der Waals surface area contributed by atoms with Gasteiger partial charge in [0.05, 0.1) is 19.8 Å². The van der Waals surface area contributed by atoms with Crippen LogP contribution in [0.1, 0.15) is 25.7 Å². The zero-order chi connectivity index (χ0) is 12.1. The lowest BCUT2D eigenvalue weighted by Gasteiger charge is -2.35. The minimum atomic E-state index is 0.696. The van der Waals surface area contributed by atoms with E-state index in [9.17, 15) is 0 Å². The maximum Gasteiger partial charge on any atom is 0.0700 e. The van der Waals surface area contributed by atoms with E-state index in [1.165, 1.54) is 25.7 Å². The Balaban J connectivity index is 1.61. The highest BCUT2D eigenvalue weighted by Gasteiger charge is 2.34. The Morgan fingerprint density at radius 1 is 1.12 bits per heavy atom. The molecule has 1 N–H and O–H groups in total. The van der Waals surface area contributed by atoms with Crippen LogP contribution in [0.25, 0.3) is 0 Å². The number of nitrogens with one attached hydrogen (secondary N) is 1. The van der Waals surface area contributed by atoms with Gasteiger partial charge in [0.15, 0.2) is 0 Å². The van der Waals surface area contributed by atoms with Crippen LogP contribution in [0.15, 0.2) is 0 Å². The average Bonchev–Trinajstić information content (AvgIpc) is 2.67. The molecule has 100 valence electrons. The predicted molar refractivity (Wildman–Crippen MR) is 68.3 cm³/mol. The van der Waals surface area contributed by atoms with Crippen molar-refractivity contribution in [1.29, 1.82) is 0 Å². The molecule has 2 aliphatic rings. The summed E-state index contributed by atoms with van der Waals surface area (Å²) in [5, 5.41) is 3.68. The van der Waals surface area contributed by atoms with Crippen LogP contribution in [0.5, 0.6) is 0 Å². The number of likely N-dealkylation sites (N-methyl/N-ethyl adjacent to an activating group) is 1. The molecule has 0 saturated carbocycles. The molecule has 4 heteroatoms. The number of nitrogens with zero attached hydrogens (tertiary/aromatic N) is 1. The first-order valence-corrected chi connectivity index (χ1v) is 6.82. The first-order valence-electron chi connectivity index (χ1n) is 6.82. The molecular formula is C13H26N2O2. The summed E-state index contributed by atoms with van der Waals surface area (Å²) >= 11 is 0. The molecule has 2 fully saturated rings. The summed E-state index contributed by atoms with van der Waals surface area (Å²) in [6.07, 6.45) is 5.37. The highest BCUT2D eigenvalue weighted by molar-refractivity contribution is 4.95. The highest BCUT2D eigenvalue weighted by Crippen LogP contribution is 2.28. The third-order valence-electron chi connectivity index (χ3n) is 4.09. The standard InChI is InChI=1S/C13H26N2O2/c1-15(5-6-17-8-7-16-2)13-9-11-3-4-12(10-13)14-11/h11-14H,3-10H2,1-2H3. The number of methoxy groups -OCH3 is 1. The Morgan fingerprint density at radius 3 is 2.47 bits per heavy atom. The van der Waals surface area contributed by atoms with E-state index in [2.05, 4.69) is 17.3 Å². The van der Waals surface area contributed by atoms with Crippen molar-refractivity contribution in [2.24, 2.45) is 0 Å². The van der Waals surface area contributed by atoms with E-state index < -0.39 is 0 Å². The van der Waals surface area contributed by atoms with E-state index in [1.807, 2.05) is 0 Å². The first-order chi connectivity index (χ1) is 8.29. The van der Waals surface area contributed by atoms with Gasteiger partial charge in [0, 0.05) is 31.8 Å². The van der Waals surface area contributed by atoms with Crippen LogP contribution in [0.3, 0.4) is 0 Å². The molecule has 0 radical (unpaired) electrons. The third-order valence-corrected chi connectivity index (χ3v) is 4.09. The fourth-order valence-electron chi connectivity index (χ4n) is 3.02. The van der Waals surface area contributed by atoms with Gasteiger partial charge in [-0.05, 0) is 32.7 Å². The monoisotopic (exact) mass is 242 g/mol. The van der Waals surface area contributed by atoms with Crippen molar-refractivity contribution in [2.45, 2.75) is 43.8 Å². The van der Waals surface area contributed by atoms with Crippen LogP contribution in [-0.2, 0) is 9.47 Å². The lowest BCUT2D eigenvalue weighted by atomic mass is 9.99. The predicted octanol–water partition coefficient (Wildman–Crippen LogP) is 0.864. The van der Waals surface area contributed by atoms with Crippen LogP contribution in [0.2, 0.25) is 0 Å². The normalized spacial score (nSPS) is 32.3. The largest absolute Gasteiger partial charge is 0.382 e. The van der Waals surface area contributed by atoms with Gasteiger partial charge >= 0.3 is 0 Å². The van der Waals surface area contributed by atoms with E-state index in [4.69, 9.17) is 9.47 Å². The lowest BCUT2D eigenvalue weighted by Crippen LogP contribution is -2.47. The van der Waals surface area contributed by atoms with Crippen LogP contribution in [-0.4, -0.2) is 63.5 Å². The number of fused-ring (bicyclic) bond motifs is 2. The van der Waals surface area contributed by atoms with Crippen LogP contribution in [0, 0.1) is 0 Å². The Morgan fingerprint density at radius 2 is 1.82 bits per heavy atom. The zero-order valence-electron chi connectivity index (χ0n) is 11.2. The molecule has 0 aromatic carbocycles. The summed E-state index contributed by atoms with van der Waals surface area (Å²) < 4.78 is 10.5. The van der Waals surface area contributed by atoms with Crippen molar-refractivity contribution in [3.63, 3.8) is 0 Å². The van der Waals surface area contributed by atoms with Gasteiger partial charge in [-0.25, -0.2) is 0 Å². The van der Waals surface area contributed by atoms with Crippen molar-refractivity contribution in [3.05, 3.63) is 0 Å². The average molecular weight is 242 g/mol. The Bertz CT molecular complexity index is 213. The topological polar surface area (TPSA) is 33.7 Å². The Kier molecular flexibility index (Phi) is 5.22. The fourth-order valence-corrected chi connectivity index (χ4v) is 3.02. The molecule has 4 nitrogen and oxygen atoms in total.